The van der Waals surface area contributed by atoms with E-state index in [0.717, 1.165) is 9.36 Å². The number of halogens is 4. The molecule has 0 saturated heterocycles. The number of aromatic nitrogens is 6. The average Bonchev–Trinajstić information content (AvgIpc) is 3.24. The van der Waals surface area contributed by atoms with E-state index in [2.05, 4.69) is 15.2 Å². The van der Waals surface area contributed by atoms with Gasteiger partial charge in [-0.15, -0.1) is 5.10 Å². The quantitative estimate of drug-likeness (QED) is 0.548. The predicted molar refractivity (Wildman–Crippen MR) is 101 cm³/mol. The molecule has 10 nitrogen and oxygen atoms in total. The van der Waals surface area contributed by atoms with Crippen molar-refractivity contribution in [1.82, 2.24) is 29.1 Å². The SMILES string of the molecule is CCn1nc(Cn2nc(-c3ccc(Cl)cc3)n(C[C@H](O)C(F)(F)F)c2=O)nc1C(=O)O. The number of aliphatic hydroxyl groups is 1. The van der Waals surface area contributed by atoms with Gasteiger partial charge < -0.3 is 10.2 Å². The first-order valence-corrected chi connectivity index (χ1v) is 9.24. The minimum absolute atomic E-state index is 0.0648. The molecule has 0 spiro atoms. The van der Waals surface area contributed by atoms with E-state index in [-0.39, 0.29) is 36.1 Å². The number of hydrogen-bond donors (Lipinski definition) is 2. The van der Waals surface area contributed by atoms with Gasteiger partial charge in [-0.3, -0.25) is 4.57 Å². The molecule has 2 N–H and O–H groups in total. The Morgan fingerprint density at radius 1 is 1.19 bits per heavy atom. The van der Waals surface area contributed by atoms with Crippen LogP contribution in [0.15, 0.2) is 29.1 Å². The van der Waals surface area contributed by atoms with Crippen LogP contribution in [0.4, 0.5) is 13.2 Å². The first kappa shape index (κ1) is 22.5. The number of benzene rings is 1. The molecule has 166 valence electrons. The molecule has 0 amide bonds. The molecule has 2 heterocycles. The number of alkyl halides is 3. The van der Waals surface area contributed by atoms with Crippen molar-refractivity contribution in [1.29, 1.82) is 0 Å². The minimum atomic E-state index is -4.95. The molecular weight excluding hydrogens is 445 g/mol. The number of carboxylic acid groups (broad SMARTS) is 1. The smallest absolute Gasteiger partial charge is 0.416 e. The maximum absolute atomic E-state index is 12.9. The van der Waals surface area contributed by atoms with Crippen molar-refractivity contribution in [2.45, 2.75) is 38.8 Å². The molecule has 3 rings (SSSR count). The van der Waals surface area contributed by atoms with Crippen LogP contribution in [0.1, 0.15) is 23.4 Å². The predicted octanol–water partition coefficient (Wildman–Crippen LogP) is 1.65. The van der Waals surface area contributed by atoms with Crippen molar-refractivity contribution < 1.29 is 28.2 Å². The summed E-state index contributed by atoms with van der Waals surface area (Å²) in [5, 5.41) is 27.0. The normalized spacial score (nSPS) is 12.8. The van der Waals surface area contributed by atoms with Gasteiger partial charge in [0, 0.05) is 17.1 Å². The molecule has 0 saturated carbocycles. The van der Waals surface area contributed by atoms with E-state index in [9.17, 15) is 27.9 Å². The highest BCUT2D eigenvalue weighted by molar-refractivity contribution is 6.30. The van der Waals surface area contributed by atoms with Crippen molar-refractivity contribution in [3.05, 3.63) is 51.4 Å². The highest BCUT2D eigenvalue weighted by Gasteiger charge is 2.39. The van der Waals surface area contributed by atoms with Crippen LogP contribution in [0.3, 0.4) is 0 Å². The zero-order valence-corrected chi connectivity index (χ0v) is 16.7. The summed E-state index contributed by atoms with van der Waals surface area (Å²) in [5.41, 5.74) is -0.675. The molecule has 1 aromatic carbocycles. The van der Waals surface area contributed by atoms with Gasteiger partial charge in [-0.05, 0) is 31.2 Å². The van der Waals surface area contributed by atoms with Crippen molar-refractivity contribution in [2.75, 3.05) is 0 Å². The summed E-state index contributed by atoms with van der Waals surface area (Å²) in [5.74, 6) is -1.88. The first-order chi connectivity index (χ1) is 14.5. The third-order valence-corrected chi connectivity index (χ3v) is 4.51. The van der Waals surface area contributed by atoms with E-state index in [1.54, 1.807) is 6.92 Å². The van der Waals surface area contributed by atoms with Gasteiger partial charge >= 0.3 is 17.8 Å². The van der Waals surface area contributed by atoms with E-state index in [1.165, 1.54) is 24.3 Å². The maximum atomic E-state index is 12.9. The Balaban J connectivity index is 2.05. The second-order valence-electron chi connectivity index (χ2n) is 6.41. The van der Waals surface area contributed by atoms with Crippen molar-refractivity contribution in [2.24, 2.45) is 0 Å². The molecule has 14 heteroatoms. The summed E-state index contributed by atoms with van der Waals surface area (Å²) in [6.07, 6.45) is -7.75. The van der Waals surface area contributed by atoms with Crippen LogP contribution in [0.2, 0.25) is 5.02 Å². The average molecular weight is 461 g/mol. The van der Waals surface area contributed by atoms with Gasteiger partial charge in [-0.2, -0.15) is 18.3 Å². The molecule has 2 aromatic heterocycles. The van der Waals surface area contributed by atoms with Gasteiger partial charge in [0.1, 0.15) is 6.54 Å². The number of hydrogen-bond acceptors (Lipinski definition) is 6. The Kier molecular flexibility index (Phi) is 6.18. The molecule has 0 aliphatic rings. The summed E-state index contributed by atoms with van der Waals surface area (Å²) in [6, 6.07) is 5.85. The van der Waals surface area contributed by atoms with Crippen LogP contribution in [-0.4, -0.2) is 57.6 Å². The first-order valence-electron chi connectivity index (χ1n) is 8.86. The number of aromatic carboxylic acids is 1. The van der Waals surface area contributed by atoms with Gasteiger partial charge in [-0.25, -0.2) is 23.9 Å². The molecule has 0 radical (unpaired) electrons. The molecule has 0 unspecified atom stereocenters. The molecule has 0 aliphatic heterocycles. The van der Waals surface area contributed by atoms with Crippen LogP contribution in [0.5, 0.6) is 0 Å². The second kappa shape index (κ2) is 8.51. The number of nitrogens with zero attached hydrogens (tertiary/aromatic N) is 6. The summed E-state index contributed by atoms with van der Waals surface area (Å²) in [4.78, 5) is 27.9. The summed E-state index contributed by atoms with van der Waals surface area (Å²) < 4.78 is 41.2. The Labute approximate surface area is 177 Å². The van der Waals surface area contributed by atoms with Crippen LogP contribution in [0, 0.1) is 0 Å². The van der Waals surface area contributed by atoms with Gasteiger partial charge in [0.25, 0.3) is 0 Å². The molecule has 0 bridgehead atoms. The van der Waals surface area contributed by atoms with Crippen LogP contribution >= 0.6 is 11.6 Å². The third kappa shape index (κ3) is 4.77. The highest BCUT2D eigenvalue weighted by atomic mass is 35.5. The largest absolute Gasteiger partial charge is 0.475 e. The zero-order chi connectivity index (χ0) is 22.9. The highest BCUT2D eigenvalue weighted by Crippen LogP contribution is 2.24. The van der Waals surface area contributed by atoms with E-state index in [1.807, 2.05) is 0 Å². The Morgan fingerprint density at radius 3 is 2.35 bits per heavy atom. The lowest BCUT2D eigenvalue weighted by Crippen LogP contribution is -2.37. The van der Waals surface area contributed by atoms with Gasteiger partial charge in [0.15, 0.2) is 17.8 Å². The van der Waals surface area contributed by atoms with E-state index in [0.29, 0.717) is 9.59 Å². The van der Waals surface area contributed by atoms with Crippen LogP contribution in [-0.2, 0) is 19.6 Å². The summed E-state index contributed by atoms with van der Waals surface area (Å²) in [7, 11) is 0. The fourth-order valence-corrected chi connectivity index (χ4v) is 2.89. The van der Waals surface area contributed by atoms with Crippen molar-refractivity contribution in [3.8, 4) is 11.4 Å². The fraction of sp³-hybridized carbons (Fsp3) is 0.353. The lowest BCUT2D eigenvalue weighted by Gasteiger charge is -2.15. The maximum Gasteiger partial charge on any atom is 0.416 e. The van der Waals surface area contributed by atoms with Gasteiger partial charge in [0.05, 0.1) is 6.54 Å². The van der Waals surface area contributed by atoms with Crippen LogP contribution < -0.4 is 5.69 Å². The van der Waals surface area contributed by atoms with Gasteiger partial charge in [0.2, 0.25) is 5.82 Å². The number of aryl methyl sites for hydroxylation is 1. The van der Waals surface area contributed by atoms with Crippen molar-refractivity contribution >= 4 is 17.6 Å². The van der Waals surface area contributed by atoms with E-state index in [4.69, 9.17) is 16.7 Å². The fourth-order valence-electron chi connectivity index (χ4n) is 2.77. The Morgan fingerprint density at radius 2 is 1.84 bits per heavy atom. The lowest BCUT2D eigenvalue weighted by atomic mass is 10.2. The molecular formula is C17H16ClF3N6O4. The van der Waals surface area contributed by atoms with Crippen molar-refractivity contribution in [3.63, 3.8) is 0 Å². The standard InChI is InChI=1S/C17H16ClF3N6O4/c1-2-26-14(15(29)30)22-12(23-26)8-27-16(31)25(7-11(28)17(19,20)21)13(24-27)9-3-5-10(18)6-4-9/h3-6,11,28H,2,7-8H2,1H3,(H,29,30)/t11-/m0/s1. The number of carbonyl (C=O) groups is 1. The van der Waals surface area contributed by atoms with E-state index >= 15 is 0 Å². The van der Waals surface area contributed by atoms with E-state index < -0.39 is 30.5 Å². The molecule has 31 heavy (non-hydrogen) atoms. The van der Waals surface area contributed by atoms with Gasteiger partial charge in [-0.1, -0.05) is 11.6 Å². The second-order valence-corrected chi connectivity index (χ2v) is 6.85. The Hall–Kier alpha value is -3.19. The number of aliphatic hydroxyl groups excluding tert-OH is 1. The molecule has 0 aliphatic carbocycles. The third-order valence-electron chi connectivity index (χ3n) is 4.26. The Bertz CT molecular complexity index is 1150. The number of rotatable bonds is 7. The monoisotopic (exact) mass is 460 g/mol. The molecule has 0 fully saturated rings. The zero-order valence-electron chi connectivity index (χ0n) is 15.9. The summed E-state index contributed by atoms with van der Waals surface area (Å²) >= 11 is 5.83. The molecule has 1 atom stereocenters. The summed E-state index contributed by atoms with van der Waals surface area (Å²) in [6.45, 7) is 0.369. The number of carboxylic acids is 1. The minimum Gasteiger partial charge on any atom is -0.475 e. The lowest BCUT2D eigenvalue weighted by molar-refractivity contribution is -0.207. The van der Waals surface area contributed by atoms with Crippen LogP contribution in [0.25, 0.3) is 11.4 Å². The topological polar surface area (TPSA) is 128 Å². The molecule has 3 aromatic rings.